The van der Waals surface area contributed by atoms with Crippen LogP contribution >= 0.6 is 0 Å². The van der Waals surface area contributed by atoms with Gasteiger partial charge in [0.2, 0.25) is 11.8 Å². The van der Waals surface area contributed by atoms with Crippen molar-refractivity contribution in [3.8, 4) is 5.75 Å². The summed E-state index contributed by atoms with van der Waals surface area (Å²) in [5.74, 6) is 0.428. The van der Waals surface area contributed by atoms with Crippen molar-refractivity contribution in [2.45, 2.75) is 98.1 Å². The third-order valence-electron chi connectivity index (χ3n) is 9.46. The normalized spacial score (nSPS) is 13.6. The molecule has 1 aliphatic rings. The maximum atomic E-state index is 12.9. The zero-order valence-electron chi connectivity index (χ0n) is 29.1. The van der Waals surface area contributed by atoms with Crippen molar-refractivity contribution in [2.75, 3.05) is 39.3 Å². The first-order valence-corrected chi connectivity index (χ1v) is 17.7. The lowest BCUT2D eigenvalue weighted by molar-refractivity contribution is -0.134. The zero-order chi connectivity index (χ0) is 33.9. The van der Waals surface area contributed by atoms with Gasteiger partial charge in [0.1, 0.15) is 12.4 Å². The number of para-hydroxylation sites is 1. The Kier molecular flexibility index (Phi) is 16.5. The van der Waals surface area contributed by atoms with E-state index >= 15 is 0 Å². The summed E-state index contributed by atoms with van der Waals surface area (Å²) >= 11 is 0. The molecule has 1 saturated heterocycles. The molecule has 1 aliphatic heterocycles. The molecular weight excluding hydrogens is 590 g/mol. The lowest BCUT2D eigenvalue weighted by atomic mass is 9.76. The number of allylic oxidation sites excluding steroid dienone is 1. The fraction of sp³-hybridized carbons (Fsp3) is 0.564. The van der Waals surface area contributed by atoms with Crippen LogP contribution in [-0.4, -0.2) is 66.9 Å². The van der Waals surface area contributed by atoms with E-state index in [4.69, 9.17) is 9.47 Å². The molecule has 0 saturated carbocycles. The number of rotatable bonds is 21. The topological polar surface area (TPSA) is 88.2 Å². The van der Waals surface area contributed by atoms with Crippen LogP contribution in [0.3, 0.4) is 0 Å². The van der Waals surface area contributed by atoms with Gasteiger partial charge in [0.15, 0.2) is 0 Å². The molecule has 1 heterocycles. The summed E-state index contributed by atoms with van der Waals surface area (Å²) in [5.41, 5.74) is 2.53. The van der Waals surface area contributed by atoms with Crippen molar-refractivity contribution in [1.82, 2.24) is 15.1 Å². The zero-order valence-corrected chi connectivity index (χ0v) is 29.1. The van der Waals surface area contributed by atoms with Crippen LogP contribution in [0.2, 0.25) is 0 Å². The second-order valence-electron chi connectivity index (χ2n) is 12.8. The predicted molar refractivity (Wildman–Crippen MR) is 188 cm³/mol. The Morgan fingerprint density at radius 1 is 0.894 bits per heavy atom. The number of piperazine rings is 1. The van der Waals surface area contributed by atoms with Gasteiger partial charge in [0.05, 0.1) is 18.7 Å². The molecule has 258 valence electrons. The highest BCUT2D eigenvalue weighted by atomic mass is 16.5. The van der Waals surface area contributed by atoms with Crippen LogP contribution in [0.5, 0.6) is 5.75 Å². The smallest absolute Gasteiger partial charge is 0.338 e. The van der Waals surface area contributed by atoms with Gasteiger partial charge in [-0.2, -0.15) is 0 Å². The molecule has 2 aromatic carbocycles. The van der Waals surface area contributed by atoms with E-state index in [0.29, 0.717) is 38.3 Å². The number of esters is 1. The summed E-state index contributed by atoms with van der Waals surface area (Å²) in [6.45, 7) is 14.6. The van der Waals surface area contributed by atoms with Crippen LogP contribution in [0.1, 0.15) is 106 Å². The first-order valence-electron chi connectivity index (χ1n) is 17.7. The van der Waals surface area contributed by atoms with Crippen molar-refractivity contribution in [1.29, 1.82) is 0 Å². The fourth-order valence-corrected chi connectivity index (χ4v) is 6.06. The minimum Gasteiger partial charge on any atom is -0.489 e. The third kappa shape index (κ3) is 12.8. The van der Waals surface area contributed by atoms with E-state index in [1.807, 2.05) is 41.3 Å². The molecule has 2 amide bonds. The molecule has 47 heavy (non-hydrogen) atoms. The van der Waals surface area contributed by atoms with Gasteiger partial charge in [-0.3, -0.25) is 14.5 Å². The second kappa shape index (κ2) is 20.6. The number of unbranched alkanes of at least 4 members (excludes halogenated alkanes) is 5. The molecular formula is C39H57N3O5. The summed E-state index contributed by atoms with van der Waals surface area (Å²) in [5, 5.41) is 2.86. The summed E-state index contributed by atoms with van der Waals surface area (Å²) in [6.07, 6.45) is 11.8. The number of nitrogens with one attached hydrogen (secondary N) is 1. The summed E-state index contributed by atoms with van der Waals surface area (Å²) in [6, 6.07) is 15.4. The molecule has 0 atom stereocenters. The lowest BCUT2D eigenvalue weighted by Crippen LogP contribution is -2.51. The van der Waals surface area contributed by atoms with Crippen molar-refractivity contribution < 1.29 is 23.9 Å². The number of carbonyl (C=O) groups is 3. The maximum absolute atomic E-state index is 12.9. The van der Waals surface area contributed by atoms with Crippen LogP contribution in [0, 0.1) is 5.41 Å². The van der Waals surface area contributed by atoms with E-state index in [9.17, 15) is 14.4 Å². The van der Waals surface area contributed by atoms with Crippen LogP contribution in [0.25, 0.3) is 0 Å². The Labute approximate surface area is 282 Å². The van der Waals surface area contributed by atoms with Crippen LogP contribution in [0.15, 0.2) is 61.2 Å². The molecule has 0 bridgehead atoms. The predicted octanol–water partition coefficient (Wildman–Crippen LogP) is 7.32. The van der Waals surface area contributed by atoms with E-state index in [-0.39, 0.29) is 29.7 Å². The molecule has 8 nitrogen and oxygen atoms in total. The molecule has 0 aliphatic carbocycles. The average molecular weight is 648 g/mol. The quantitative estimate of drug-likeness (QED) is 0.0868. The first kappa shape index (κ1) is 37.8. The van der Waals surface area contributed by atoms with E-state index < -0.39 is 0 Å². The van der Waals surface area contributed by atoms with Gasteiger partial charge in [-0.1, -0.05) is 89.3 Å². The van der Waals surface area contributed by atoms with E-state index in [2.05, 4.69) is 43.6 Å². The highest BCUT2D eigenvalue weighted by Crippen LogP contribution is 2.34. The molecule has 2 aromatic rings. The Bertz CT molecular complexity index is 1250. The SMILES string of the molecule is C=CCC(CC)(CC)CC(=O)NCC(=O)N1CCN(Cc2ccccc2OCc2ccc(C(=O)OCCCCCCCC)cc2)CC1. The summed E-state index contributed by atoms with van der Waals surface area (Å²) in [7, 11) is 0. The van der Waals surface area contributed by atoms with Crippen molar-refractivity contribution >= 4 is 17.8 Å². The van der Waals surface area contributed by atoms with Crippen LogP contribution in [-0.2, 0) is 27.5 Å². The Balaban J connectivity index is 1.40. The number of ether oxygens (including phenoxy) is 2. The van der Waals surface area contributed by atoms with Gasteiger partial charge in [0.25, 0.3) is 0 Å². The molecule has 0 aromatic heterocycles. The minimum absolute atomic E-state index is 0.0362. The standard InChI is InChI=1S/C39H57N3O5/c1-5-9-10-11-12-15-27-46-38(45)33-20-18-32(19-21-33)31-47-35-17-14-13-16-34(35)30-41-23-25-42(26-24-41)37(44)29-40-36(43)28-39(7-3,8-4)22-6-2/h6,13-14,16-21H,2,5,7-12,15,22-31H2,1,3-4H3,(H,40,43). The molecule has 1 N–H and O–H groups in total. The van der Waals surface area contributed by atoms with Crippen LogP contribution < -0.4 is 10.1 Å². The van der Waals surface area contributed by atoms with Gasteiger partial charge in [-0.25, -0.2) is 4.79 Å². The molecule has 0 unspecified atom stereocenters. The molecule has 3 rings (SSSR count). The Morgan fingerprint density at radius 3 is 2.26 bits per heavy atom. The van der Waals surface area contributed by atoms with E-state index in [0.717, 1.165) is 68.6 Å². The van der Waals surface area contributed by atoms with Gasteiger partial charge >= 0.3 is 5.97 Å². The minimum atomic E-state index is -0.280. The molecule has 8 heteroatoms. The molecule has 0 radical (unpaired) electrons. The third-order valence-corrected chi connectivity index (χ3v) is 9.46. The van der Waals surface area contributed by atoms with Crippen molar-refractivity contribution in [3.63, 3.8) is 0 Å². The van der Waals surface area contributed by atoms with Crippen molar-refractivity contribution in [3.05, 3.63) is 77.9 Å². The van der Waals surface area contributed by atoms with Gasteiger partial charge < -0.3 is 19.7 Å². The maximum Gasteiger partial charge on any atom is 0.338 e. The monoisotopic (exact) mass is 647 g/mol. The number of amides is 2. The summed E-state index contributed by atoms with van der Waals surface area (Å²) in [4.78, 5) is 42.1. The van der Waals surface area contributed by atoms with Crippen LogP contribution in [0.4, 0.5) is 0 Å². The first-order chi connectivity index (χ1) is 22.8. The Hall–Kier alpha value is -3.65. The highest BCUT2D eigenvalue weighted by molar-refractivity contribution is 5.89. The van der Waals surface area contributed by atoms with Crippen molar-refractivity contribution in [2.24, 2.45) is 5.41 Å². The number of hydrogen-bond donors (Lipinski definition) is 1. The largest absolute Gasteiger partial charge is 0.489 e. The molecule has 0 spiro atoms. The fourth-order valence-electron chi connectivity index (χ4n) is 6.06. The Morgan fingerprint density at radius 2 is 1.57 bits per heavy atom. The van der Waals surface area contributed by atoms with E-state index in [1.165, 1.54) is 25.7 Å². The number of nitrogens with zero attached hydrogens (tertiary/aromatic N) is 2. The average Bonchev–Trinajstić information content (AvgIpc) is 3.10. The lowest BCUT2D eigenvalue weighted by Gasteiger charge is -2.35. The number of carbonyl (C=O) groups excluding carboxylic acids is 3. The van der Waals surface area contributed by atoms with E-state index in [1.54, 1.807) is 12.1 Å². The second-order valence-corrected chi connectivity index (χ2v) is 12.8. The number of hydrogen-bond acceptors (Lipinski definition) is 6. The van der Waals surface area contributed by atoms with Gasteiger partial charge in [0, 0.05) is 44.7 Å². The number of benzene rings is 2. The highest BCUT2D eigenvalue weighted by Gasteiger charge is 2.28. The van der Waals surface area contributed by atoms with Gasteiger partial charge in [-0.15, -0.1) is 6.58 Å². The molecule has 1 fully saturated rings. The van der Waals surface area contributed by atoms with Gasteiger partial charge in [-0.05, 0) is 54.9 Å². The summed E-state index contributed by atoms with van der Waals surface area (Å²) < 4.78 is 11.7.